The summed E-state index contributed by atoms with van der Waals surface area (Å²) in [5, 5.41) is 9.42. The fraction of sp³-hybridized carbons (Fsp3) is 0.455. The van der Waals surface area contributed by atoms with Crippen LogP contribution in [0, 0.1) is 0 Å². The zero-order valence-electron chi connectivity index (χ0n) is 8.52. The number of aliphatic hydroxyl groups excluding tert-OH is 1. The summed E-state index contributed by atoms with van der Waals surface area (Å²) in [7, 11) is 0. The largest absolute Gasteiger partial charge is 0.417 e. The van der Waals surface area contributed by atoms with Crippen LogP contribution in [0.2, 0.25) is 0 Å². The van der Waals surface area contributed by atoms with Crippen LogP contribution in [-0.4, -0.2) is 17.4 Å². The molecule has 0 amide bonds. The Bertz CT molecular complexity index is 342. The molecule has 1 aliphatic rings. The predicted molar refractivity (Wildman–Crippen MR) is 60.1 cm³/mol. The van der Waals surface area contributed by atoms with Crippen molar-refractivity contribution in [2.75, 3.05) is 0 Å². The van der Waals surface area contributed by atoms with E-state index in [1.165, 1.54) is 6.08 Å². The van der Waals surface area contributed by atoms with Gasteiger partial charge in [0.15, 0.2) is 0 Å². The van der Waals surface area contributed by atoms with E-state index in [0.29, 0.717) is 18.4 Å². The minimum absolute atomic E-state index is 0.0228. The fourth-order valence-electron chi connectivity index (χ4n) is 1.39. The van der Waals surface area contributed by atoms with Crippen molar-refractivity contribution in [3.8, 4) is 0 Å². The first kappa shape index (κ1) is 13.5. The highest BCUT2D eigenvalue weighted by molar-refractivity contribution is 9.12. The molecule has 0 saturated carbocycles. The normalized spacial score (nSPS) is 30.6. The number of halogens is 4. The molecule has 0 aromatic rings. The molecule has 1 rings (SSSR count). The second kappa shape index (κ2) is 5.19. The molecule has 1 aliphatic carbocycles. The molecule has 90 valence electrons. The summed E-state index contributed by atoms with van der Waals surface area (Å²) >= 11 is 2.92. The van der Waals surface area contributed by atoms with Crippen LogP contribution < -0.4 is 0 Å². The molecule has 1 N–H and O–H groups in total. The molecule has 0 fully saturated rings. The Morgan fingerprint density at radius 3 is 2.62 bits per heavy atom. The van der Waals surface area contributed by atoms with E-state index in [0.717, 1.165) is 6.08 Å². The Morgan fingerprint density at radius 1 is 1.44 bits per heavy atom. The maximum Gasteiger partial charge on any atom is 0.417 e. The second-order valence-corrected chi connectivity index (χ2v) is 4.45. The summed E-state index contributed by atoms with van der Waals surface area (Å²) in [6.45, 7) is 3.59. The fourth-order valence-corrected chi connectivity index (χ4v) is 1.95. The van der Waals surface area contributed by atoms with E-state index in [9.17, 15) is 18.3 Å². The summed E-state index contributed by atoms with van der Waals surface area (Å²) in [5.74, 6) is 0. The highest BCUT2D eigenvalue weighted by Gasteiger charge is 2.34. The quantitative estimate of drug-likeness (QED) is 0.720. The van der Waals surface area contributed by atoms with Crippen molar-refractivity contribution in [1.82, 2.24) is 0 Å². The van der Waals surface area contributed by atoms with E-state index in [4.69, 9.17) is 0 Å². The number of aliphatic hydroxyl groups is 1. The molecule has 0 spiro atoms. The number of alkyl halides is 3. The Balaban J connectivity index is 3.10. The molecule has 5 heteroatoms. The number of rotatable bonds is 0. The first-order chi connectivity index (χ1) is 7.32. The summed E-state index contributed by atoms with van der Waals surface area (Å²) in [4.78, 5) is 0. The topological polar surface area (TPSA) is 20.2 Å². The molecule has 16 heavy (non-hydrogen) atoms. The highest BCUT2D eigenvalue weighted by atomic mass is 79.9. The standard InChI is InChI=1S/C11H12BrF3O/c1-7-5-6-8(16)3-2-4-9(10(7)12)11(13,14)15/h2,4,8,16H,1,3,5-6H2/b4-2-,10-9-/t8-/m1/s1. The monoisotopic (exact) mass is 296 g/mol. The molecular formula is C11H12BrF3O. The van der Waals surface area contributed by atoms with Gasteiger partial charge in [-0.2, -0.15) is 13.2 Å². The third-order valence-electron chi connectivity index (χ3n) is 2.32. The van der Waals surface area contributed by atoms with Gasteiger partial charge in [-0.05, 0) is 40.8 Å². The zero-order valence-corrected chi connectivity index (χ0v) is 10.1. The van der Waals surface area contributed by atoms with Gasteiger partial charge < -0.3 is 5.11 Å². The molecule has 0 heterocycles. The molecule has 0 unspecified atom stereocenters. The van der Waals surface area contributed by atoms with Crippen LogP contribution in [-0.2, 0) is 0 Å². The van der Waals surface area contributed by atoms with Crippen molar-refractivity contribution >= 4 is 15.9 Å². The summed E-state index contributed by atoms with van der Waals surface area (Å²) in [6, 6.07) is 0. The Hall–Kier alpha value is -0.550. The average Bonchev–Trinajstić information content (AvgIpc) is 2.22. The molecular weight excluding hydrogens is 285 g/mol. The summed E-state index contributed by atoms with van der Waals surface area (Å²) in [5.41, 5.74) is -0.385. The zero-order chi connectivity index (χ0) is 12.3. The van der Waals surface area contributed by atoms with Crippen molar-refractivity contribution in [1.29, 1.82) is 0 Å². The summed E-state index contributed by atoms with van der Waals surface area (Å²) in [6.07, 6.45) is -1.69. The van der Waals surface area contributed by atoms with Crippen LogP contribution in [0.25, 0.3) is 0 Å². The number of hydrogen-bond acceptors (Lipinski definition) is 1. The van der Waals surface area contributed by atoms with Crippen LogP contribution in [0.5, 0.6) is 0 Å². The van der Waals surface area contributed by atoms with Crippen LogP contribution >= 0.6 is 15.9 Å². The van der Waals surface area contributed by atoms with Crippen LogP contribution in [0.15, 0.2) is 34.4 Å². The molecule has 1 atom stereocenters. The van der Waals surface area contributed by atoms with E-state index in [2.05, 4.69) is 22.5 Å². The summed E-state index contributed by atoms with van der Waals surface area (Å²) < 4.78 is 38.0. The van der Waals surface area contributed by atoms with E-state index in [1.807, 2.05) is 0 Å². The van der Waals surface area contributed by atoms with Crippen molar-refractivity contribution in [2.24, 2.45) is 0 Å². The lowest BCUT2D eigenvalue weighted by Crippen LogP contribution is -2.11. The molecule has 0 radical (unpaired) electrons. The minimum atomic E-state index is -4.41. The van der Waals surface area contributed by atoms with Crippen LogP contribution in [0.3, 0.4) is 0 Å². The third-order valence-corrected chi connectivity index (χ3v) is 3.31. The van der Waals surface area contributed by atoms with Crippen molar-refractivity contribution in [3.63, 3.8) is 0 Å². The SMILES string of the molecule is C=C1CC[C@H](O)C/C=C\C(C(F)(F)F)=C/1Br. The van der Waals surface area contributed by atoms with Gasteiger partial charge in [0.25, 0.3) is 0 Å². The van der Waals surface area contributed by atoms with Crippen molar-refractivity contribution < 1.29 is 18.3 Å². The lowest BCUT2D eigenvalue weighted by Gasteiger charge is -2.12. The van der Waals surface area contributed by atoms with Gasteiger partial charge in [0.05, 0.1) is 11.7 Å². The van der Waals surface area contributed by atoms with E-state index in [1.54, 1.807) is 0 Å². The second-order valence-electron chi connectivity index (χ2n) is 3.66. The van der Waals surface area contributed by atoms with Crippen molar-refractivity contribution in [2.45, 2.75) is 31.5 Å². The highest BCUT2D eigenvalue weighted by Crippen LogP contribution is 2.36. The lowest BCUT2D eigenvalue weighted by atomic mass is 10.1. The Labute approximate surface area is 100 Å². The maximum atomic E-state index is 12.7. The first-order valence-electron chi connectivity index (χ1n) is 4.82. The van der Waals surface area contributed by atoms with Gasteiger partial charge in [-0.15, -0.1) is 0 Å². The third kappa shape index (κ3) is 3.49. The van der Waals surface area contributed by atoms with Crippen molar-refractivity contribution in [3.05, 3.63) is 34.4 Å². The molecule has 1 nitrogen and oxygen atoms in total. The van der Waals surface area contributed by atoms with Gasteiger partial charge >= 0.3 is 6.18 Å². The van der Waals surface area contributed by atoms with E-state index in [-0.39, 0.29) is 10.9 Å². The maximum absolute atomic E-state index is 12.7. The van der Waals surface area contributed by atoms with E-state index < -0.39 is 17.9 Å². The van der Waals surface area contributed by atoms with E-state index >= 15 is 0 Å². The molecule has 0 saturated heterocycles. The lowest BCUT2D eigenvalue weighted by molar-refractivity contribution is -0.0884. The minimum Gasteiger partial charge on any atom is -0.393 e. The van der Waals surface area contributed by atoms with Gasteiger partial charge in [-0.1, -0.05) is 18.7 Å². The van der Waals surface area contributed by atoms with Gasteiger partial charge in [-0.25, -0.2) is 0 Å². The van der Waals surface area contributed by atoms with Gasteiger partial charge in [0, 0.05) is 4.48 Å². The van der Waals surface area contributed by atoms with Gasteiger partial charge in [0.2, 0.25) is 0 Å². The average molecular weight is 297 g/mol. The molecule has 0 aromatic carbocycles. The Morgan fingerprint density at radius 2 is 2.06 bits per heavy atom. The van der Waals surface area contributed by atoms with Crippen LogP contribution in [0.1, 0.15) is 19.3 Å². The smallest absolute Gasteiger partial charge is 0.393 e. The molecule has 0 bridgehead atoms. The number of hydrogen-bond donors (Lipinski definition) is 1. The number of allylic oxidation sites excluding steroid dienone is 4. The van der Waals surface area contributed by atoms with Gasteiger partial charge in [-0.3, -0.25) is 0 Å². The molecule has 0 aliphatic heterocycles. The van der Waals surface area contributed by atoms with Gasteiger partial charge in [0.1, 0.15) is 0 Å². The predicted octanol–water partition coefficient (Wildman–Crippen LogP) is 3.85. The Kier molecular flexibility index (Phi) is 4.38. The van der Waals surface area contributed by atoms with Crippen LogP contribution in [0.4, 0.5) is 13.2 Å². The first-order valence-corrected chi connectivity index (χ1v) is 5.61. The molecule has 0 aromatic heterocycles.